The van der Waals surface area contributed by atoms with Crippen molar-refractivity contribution in [2.75, 3.05) is 18.1 Å². The molecule has 2 amide bonds. The molecule has 1 aromatic carbocycles. The average molecular weight is 474 g/mol. The summed E-state index contributed by atoms with van der Waals surface area (Å²) in [5.41, 5.74) is -0.409. The van der Waals surface area contributed by atoms with Crippen molar-refractivity contribution in [3.8, 4) is 0 Å². The van der Waals surface area contributed by atoms with E-state index in [0.29, 0.717) is 18.4 Å². The largest absolute Gasteiger partial charge is 0.416 e. The molecule has 1 unspecified atom stereocenters. The lowest BCUT2D eigenvalue weighted by Crippen LogP contribution is -2.60. The van der Waals surface area contributed by atoms with E-state index < -0.39 is 42.0 Å². The number of benzene rings is 1. The van der Waals surface area contributed by atoms with E-state index >= 15 is 0 Å². The zero-order valence-corrected chi connectivity index (χ0v) is 17.5. The maximum Gasteiger partial charge on any atom is 0.416 e. The molecule has 1 aliphatic rings. The Kier molecular flexibility index (Phi) is 7.35. The summed E-state index contributed by atoms with van der Waals surface area (Å²) in [6, 6.07) is 4.31. The second-order valence-corrected chi connectivity index (χ2v) is 7.77. The summed E-state index contributed by atoms with van der Waals surface area (Å²) in [5.74, 6) is -2.25. The summed E-state index contributed by atoms with van der Waals surface area (Å²) in [5, 5.41) is 9.09. The standard InChI is InChI=1S/C21H20ClF4N3O3/c22-15-9-16(23)19(27-10-15)29-12-18(31)28(17(20(29)32)3-1-2-8-30)11-13-4-6-14(7-5-13)21(24,25)26/h4-7,9-10,17,30H,1-3,8,11-12H2. The number of amides is 2. The number of anilines is 1. The van der Waals surface area contributed by atoms with Crippen LogP contribution in [-0.4, -0.2) is 46.0 Å². The molecule has 3 rings (SSSR count). The third kappa shape index (κ3) is 5.36. The normalized spacial score (nSPS) is 17.2. The van der Waals surface area contributed by atoms with E-state index in [-0.39, 0.29) is 30.4 Å². The van der Waals surface area contributed by atoms with Gasteiger partial charge < -0.3 is 10.0 Å². The molecular formula is C21H20ClF4N3O3. The number of nitrogens with zero attached hydrogens (tertiary/aromatic N) is 3. The van der Waals surface area contributed by atoms with E-state index in [9.17, 15) is 27.2 Å². The number of carbonyl (C=O) groups is 2. The van der Waals surface area contributed by atoms with Crippen LogP contribution in [0, 0.1) is 5.82 Å². The minimum Gasteiger partial charge on any atom is -0.396 e. The maximum atomic E-state index is 14.4. The van der Waals surface area contributed by atoms with Gasteiger partial charge in [0, 0.05) is 19.3 Å². The molecule has 2 aromatic rings. The number of aromatic nitrogens is 1. The van der Waals surface area contributed by atoms with Crippen molar-refractivity contribution in [3.63, 3.8) is 0 Å². The fourth-order valence-corrected chi connectivity index (χ4v) is 3.64. The Labute approximate surface area is 186 Å². The van der Waals surface area contributed by atoms with Crippen LogP contribution in [0.3, 0.4) is 0 Å². The molecule has 0 saturated carbocycles. The van der Waals surface area contributed by atoms with Gasteiger partial charge in [0.2, 0.25) is 5.91 Å². The number of aliphatic hydroxyl groups is 1. The Balaban J connectivity index is 1.86. The molecule has 1 fully saturated rings. The molecule has 0 bridgehead atoms. The van der Waals surface area contributed by atoms with Gasteiger partial charge in [0.1, 0.15) is 12.6 Å². The van der Waals surface area contributed by atoms with Crippen molar-refractivity contribution in [2.45, 2.75) is 38.0 Å². The average Bonchev–Trinajstić information content (AvgIpc) is 2.73. The first kappa shape index (κ1) is 23.9. The lowest BCUT2D eigenvalue weighted by molar-refractivity contribution is -0.144. The minimum atomic E-state index is -4.49. The number of carbonyl (C=O) groups excluding carboxylic acids is 2. The molecule has 11 heteroatoms. The summed E-state index contributed by atoms with van der Waals surface area (Å²) in [6.07, 6.45) is -2.34. The van der Waals surface area contributed by atoms with E-state index in [4.69, 9.17) is 16.7 Å². The highest BCUT2D eigenvalue weighted by atomic mass is 35.5. The zero-order chi connectivity index (χ0) is 23.5. The molecule has 1 aromatic heterocycles. The fraction of sp³-hybridized carbons (Fsp3) is 0.381. The van der Waals surface area contributed by atoms with Crippen LogP contribution in [0.4, 0.5) is 23.4 Å². The molecule has 1 aliphatic heterocycles. The highest BCUT2D eigenvalue weighted by molar-refractivity contribution is 6.30. The molecule has 0 spiro atoms. The van der Waals surface area contributed by atoms with Crippen molar-refractivity contribution in [1.29, 1.82) is 0 Å². The number of aliphatic hydroxyl groups excluding tert-OH is 1. The van der Waals surface area contributed by atoms with Gasteiger partial charge in [-0.3, -0.25) is 14.5 Å². The van der Waals surface area contributed by atoms with E-state index in [0.717, 1.165) is 29.3 Å². The SMILES string of the molecule is O=C1C(CCCCO)N(Cc2ccc(C(F)(F)F)cc2)C(=O)CN1c1ncc(Cl)cc1F. The highest BCUT2D eigenvalue weighted by Gasteiger charge is 2.41. The van der Waals surface area contributed by atoms with E-state index in [1.807, 2.05) is 0 Å². The molecule has 0 radical (unpaired) electrons. The Bertz CT molecular complexity index is 985. The molecular weight excluding hydrogens is 454 g/mol. The second-order valence-electron chi connectivity index (χ2n) is 7.33. The zero-order valence-electron chi connectivity index (χ0n) is 16.8. The van der Waals surface area contributed by atoms with Crippen LogP contribution < -0.4 is 4.90 Å². The van der Waals surface area contributed by atoms with Gasteiger partial charge in [0.05, 0.1) is 10.6 Å². The third-order valence-corrected chi connectivity index (χ3v) is 5.31. The van der Waals surface area contributed by atoms with Crippen molar-refractivity contribution < 1.29 is 32.3 Å². The second kappa shape index (κ2) is 9.83. The summed E-state index contributed by atoms with van der Waals surface area (Å²) in [4.78, 5) is 32.1. The molecule has 32 heavy (non-hydrogen) atoms. The summed E-state index contributed by atoms with van der Waals surface area (Å²) in [6.45, 7) is -0.663. The number of alkyl halides is 3. The molecule has 1 saturated heterocycles. The van der Waals surface area contributed by atoms with Crippen molar-refractivity contribution >= 4 is 29.2 Å². The van der Waals surface area contributed by atoms with Crippen molar-refractivity contribution in [2.24, 2.45) is 0 Å². The van der Waals surface area contributed by atoms with Crippen LogP contribution in [-0.2, 0) is 22.3 Å². The van der Waals surface area contributed by atoms with E-state index in [1.54, 1.807) is 0 Å². The van der Waals surface area contributed by atoms with Gasteiger partial charge in [-0.25, -0.2) is 9.37 Å². The smallest absolute Gasteiger partial charge is 0.396 e. The number of hydrogen-bond donors (Lipinski definition) is 1. The number of hydrogen-bond acceptors (Lipinski definition) is 4. The Morgan fingerprint density at radius 2 is 1.84 bits per heavy atom. The number of pyridine rings is 1. The van der Waals surface area contributed by atoms with E-state index in [1.165, 1.54) is 17.0 Å². The first-order valence-electron chi connectivity index (χ1n) is 9.80. The Morgan fingerprint density at radius 3 is 2.44 bits per heavy atom. The number of piperazine rings is 1. The monoisotopic (exact) mass is 473 g/mol. The molecule has 172 valence electrons. The first-order valence-corrected chi connectivity index (χ1v) is 10.2. The predicted molar refractivity (Wildman–Crippen MR) is 108 cm³/mol. The van der Waals surface area contributed by atoms with Crippen LogP contribution >= 0.6 is 11.6 Å². The van der Waals surface area contributed by atoms with Gasteiger partial charge in [-0.15, -0.1) is 0 Å². The van der Waals surface area contributed by atoms with Crippen LogP contribution in [0.25, 0.3) is 0 Å². The fourth-order valence-electron chi connectivity index (χ4n) is 3.50. The van der Waals surface area contributed by atoms with Gasteiger partial charge in [-0.05, 0) is 43.0 Å². The van der Waals surface area contributed by atoms with Crippen molar-refractivity contribution in [3.05, 3.63) is 58.5 Å². The minimum absolute atomic E-state index is 0.0328. The van der Waals surface area contributed by atoms with Crippen LogP contribution in [0.2, 0.25) is 5.02 Å². The lowest BCUT2D eigenvalue weighted by atomic mass is 10.0. The van der Waals surface area contributed by atoms with Gasteiger partial charge >= 0.3 is 6.18 Å². The Morgan fingerprint density at radius 1 is 1.16 bits per heavy atom. The van der Waals surface area contributed by atoms with Crippen LogP contribution in [0.15, 0.2) is 36.5 Å². The number of halogens is 5. The summed E-state index contributed by atoms with van der Waals surface area (Å²) < 4.78 is 52.8. The van der Waals surface area contributed by atoms with E-state index in [2.05, 4.69) is 4.98 Å². The molecule has 1 atom stereocenters. The molecule has 1 N–H and O–H groups in total. The predicted octanol–water partition coefficient (Wildman–Crippen LogP) is 3.80. The number of unbranched alkanes of at least 4 members (excludes halogenated alkanes) is 1. The molecule has 2 heterocycles. The quantitative estimate of drug-likeness (QED) is 0.490. The Hall–Kier alpha value is -2.72. The van der Waals surface area contributed by atoms with Gasteiger partial charge in [0.25, 0.3) is 5.91 Å². The number of rotatable bonds is 7. The van der Waals surface area contributed by atoms with Gasteiger partial charge in [-0.1, -0.05) is 23.7 Å². The van der Waals surface area contributed by atoms with Crippen LogP contribution in [0.1, 0.15) is 30.4 Å². The highest BCUT2D eigenvalue weighted by Crippen LogP contribution is 2.30. The summed E-state index contributed by atoms with van der Waals surface area (Å²) >= 11 is 5.71. The summed E-state index contributed by atoms with van der Waals surface area (Å²) in [7, 11) is 0. The topological polar surface area (TPSA) is 73.7 Å². The molecule has 0 aliphatic carbocycles. The van der Waals surface area contributed by atoms with Crippen LogP contribution in [0.5, 0.6) is 0 Å². The van der Waals surface area contributed by atoms with Gasteiger partial charge in [0.15, 0.2) is 11.6 Å². The lowest BCUT2D eigenvalue weighted by Gasteiger charge is -2.40. The first-order chi connectivity index (χ1) is 15.1. The van der Waals surface area contributed by atoms with Crippen molar-refractivity contribution in [1.82, 2.24) is 9.88 Å². The maximum absolute atomic E-state index is 14.4. The molecule has 6 nitrogen and oxygen atoms in total. The van der Waals surface area contributed by atoms with Gasteiger partial charge in [-0.2, -0.15) is 13.2 Å². The third-order valence-electron chi connectivity index (χ3n) is 5.10.